The Labute approximate surface area is 99.3 Å². The molecule has 4 heteroatoms. The second kappa shape index (κ2) is 6.78. The fraction of sp³-hybridized carbons (Fsp3) is 0.500. The zero-order valence-corrected chi connectivity index (χ0v) is 10.6. The number of benzene rings is 1. The van der Waals surface area contributed by atoms with E-state index in [1.807, 2.05) is 31.2 Å². The molecular formula is C12H19NO2S. The Hall–Kier alpha value is -0.710. The van der Waals surface area contributed by atoms with Crippen LogP contribution in [0.25, 0.3) is 0 Å². The van der Waals surface area contributed by atoms with Gasteiger partial charge in [0.2, 0.25) is 0 Å². The van der Waals surface area contributed by atoms with Gasteiger partial charge in [-0.05, 0) is 25.1 Å². The van der Waals surface area contributed by atoms with E-state index in [1.54, 1.807) is 7.05 Å². The van der Waals surface area contributed by atoms with Crippen LogP contribution in [0.15, 0.2) is 24.3 Å². The lowest BCUT2D eigenvalue weighted by Gasteiger charge is -2.10. The van der Waals surface area contributed by atoms with Gasteiger partial charge in [0.1, 0.15) is 0 Å². The van der Waals surface area contributed by atoms with Crippen molar-refractivity contribution in [2.45, 2.75) is 18.8 Å². The summed E-state index contributed by atoms with van der Waals surface area (Å²) in [6, 6.07) is 7.91. The molecule has 0 radical (unpaired) electrons. The van der Waals surface area contributed by atoms with E-state index in [1.165, 1.54) is 0 Å². The Balaban J connectivity index is 2.49. The van der Waals surface area contributed by atoms with Crippen LogP contribution < -0.4 is 5.32 Å². The maximum Gasteiger partial charge on any atom is 0.0779 e. The highest BCUT2D eigenvalue weighted by Crippen LogP contribution is 2.10. The van der Waals surface area contributed by atoms with E-state index in [0.717, 1.165) is 11.1 Å². The normalized spacial score (nSPS) is 14.7. The monoisotopic (exact) mass is 241 g/mol. The van der Waals surface area contributed by atoms with Crippen LogP contribution in [-0.4, -0.2) is 34.8 Å². The molecule has 0 spiro atoms. The molecule has 1 aromatic rings. The van der Waals surface area contributed by atoms with Crippen LogP contribution in [-0.2, 0) is 16.6 Å². The van der Waals surface area contributed by atoms with Crippen LogP contribution in [0.3, 0.4) is 0 Å². The van der Waals surface area contributed by atoms with Crippen molar-refractivity contribution in [3.63, 3.8) is 0 Å². The highest BCUT2D eigenvalue weighted by atomic mass is 32.2. The van der Waals surface area contributed by atoms with Crippen LogP contribution in [0.2, 0.25) is 0 Å². The molecule has 0 bridgehead atoms. The fourth-order valence-corrected chi connectivity index (χ4v) is 2.85. The molecule has 0 heterocycles. The average molecular weight is 241 g/mol. The summed E-state index contributed by atoms with van der Waals surface area (Å²) in [7, 11) is 0.768. The lowest BCUT2D eigenvalue weighted by Crippen LogP contribution is -2.28. The Morgan fingerprint density at radius 1 is 1.44 bits per heavy atom. The van der Waals surface area contributed by atoms with E-state index in [9.17, 15) is 9.32 Å². The second-order valence-corrected chi connectivity index (χ2v) is 5.39. The molecular weight excluding hydrogens is 222 g/mol. The van der Waals surface area contributed by atoms with E-state index >= 15 is 0 Å². The van der Waals surface area contributed by atoms with Crippen LogP contribution in [0, 0.1) is 6.92 Å². The molecule has 90 valence electrons. The molecule has 0 aliphatic rings. The Morgan fingerprint density at radius 3 is 2.75 bits per heavy atom. The van der Waals surface area contributed by atoms with Crippen molar-refractivity contribution >= 4 is 10.8 Å². The number of hydrogen-bond acceptors (Lipinski definition) is 3. The lowest BCUT2D eigenvalue weighted by atomic mass is 10.1. The van der Waals surface area contributed by atoms with Gasteiger partial charge in [0, 0.05) is 23.1 Å². The summed E-state index contributed by atoms with van der Waals surface area (Å²) in [5, 5.41) is 12.4. The van der Waals surface area contributed by atoms with E-state index in [-0.39, 0.29) is 0 Å². The van der Waals surface area contributed by atoms with E-state index in [0.29, 0.717) is 18.1 Å². The summed E-state index contributed by atoms with van der Waals surface area (Å²) < 4.78 is 11.8. The number of aliphatic hydroxyl groups excluding tert-OH is 1. The first-order valence-electron chi connectivity index (χ1n) is 5.35. The maximum absolute atomic E-state index is 11.8. The second-order valence-electron chi connectivity index (χ2n) is 3.89. The SMILES string of the molecule is CNCC(O)CS(=O)Cc1ccccc1C. The molecule has 0 aromatic heterocycles. The molecule has 2 N–H and O–H groups in total. The molecule has 0 saturated carbocycles. The summed E-state index contributed by atoms with van der Waals surface area (Å²) in [4.78, 5) is 0. The van der Waals surface area contributed by atoms with Crippen molar-refractivity contribution < 1.29 is 9.32 Å². The van der Waals surface area contributed by atoms with Crippen molar-refractivity contribution in [1.82, 2.24) is 5.32 Å². The highest BCUT2D eigenvalue weighted by Gasteiger charge is 2.10. The van der Waals surface area contributed by atoms with Crippen molar-refractivity contribution in [3.05, 3.63) is 35.4 Å². The smallest absolute Gasteiger partial charge is 0.0779 e. The Kier molecular flexibility index (Phi) is 5.66. The fourth-order valence-electron chi connectivity index (χ4n) is 1.51. The zero-order valence-electron chi connectivity index (χ0n) is 9.77. The van der Waals surface area contributed by atoms with Crippen molar-refractivity contribution in [2.75, 3.05) is 19.3 Å². The first-order chi connectivity index (χ1) is 7.63. The first-order valence-corrected chi connectivity index (χ1v) is 6.84. The molecule has 1 aromatic carbocycles. The number of nitrogens with one attached hydrogen (secondary N) is 1. The lowest BCUT2D eigenvalue weighted by molar-refractivity contribution is 0.198. The Morgan fingerprint density at radius 2 is 2.12 bits per heavy atom. The number of hydrogen-bond donors (Lipinski definition) is 2. The van der Waals surface area contributed by atoms with Gasteiger partial charge in [0.25, 0.3) is 0 Å². The van der Waals surface area contributed by atoms with Gasteiger partial charge in [-0.15, -0.1) is 0 Å². The summed E-state index contributed by atoms with van der Waals surface area (Å²) in [5.41, 5.74) is 2.25. The van der Waals surface area contributed by atoms with Gasteiger partial charge in [0.15, 0.2) is 0 Å². The molecule has 0 amide bonds. The third kappa shape index (κ3) is 4.43. The largest absolute Gasteiger partial charge is 0.391 e. The van der Waals surface area contributed by atoms with Crippen LogP contribution in [0.5, 0.6) is 0 Å². The third-order valence-electron chi connectivity index (χ3n) is 2.40. The minimum atomic E-state index is -1.00. The van der Waals surface area contributed by atoms with Gasteiger partial charge in [-0.2, -0.15) is 0 Å². The molecule has 2 atom stereocenters. The van der Waals surface area contributed by atoms with Crippen molar-refractivity contribution in [3.8, 4) is 0 Å². The minimum absolute atomic E-state index is 0.329. The molecule has 0 aliphatic heterocycles. The van der Waals surface area contributed by atoms with Gasteiger partial charge in [0.05, 0.1) is 11.9 Å². The van der Waals surface area contributed by atoms with Gasteiger partial charge in [-0.25, -0.2) is 0 Å². The van der Waals surface area contributed by atoms with E-state index < -0.39 is 16.9 Å². The van der Waals surface area contributed by atoms with E-state index in [4.69, 9.17) is 0 Å². The summed E-state index contributed by atoms with van der Waals surface area (Å²) >= 11 is 0. The predicted molar refractivity (Wildman–Crippen MR) is 67.8 cm³/mol. The third-order valence-corrected chi connectivity index (χ3v) is 3.79. The van der Waals surface area contributed by atoms with Gasteiger partial charge < -0.3 is 10.4 Å². The standard InChI is InChI=1S/C12H19NO2S/c1-10-5-3-4-6-11(10)8-16(15)9-12(14)7-13-2/h3-6,12-14H,7-9H2,1-2H3. The van der Waals surface area contributed by atoms with Gasteiger partial charge in [-0.1, -0.05) is 24.3 Å². The van der Waals surface area contributed by atoms with Gasteiger partial charge >= 0.3 is 0 Å². The molecule has 0 aliphatic carbocycles. The van der Waals surface area contributed by atoms with Crippen LogP contribution >= 0.6 is 0 Å². The maximum atomic E-state index is 11.8. The number of aliphatic hydroxyl groups is 1. The zero-order chi connectivity index (χ0) is 12.0. The molecule has 1 rings (SSSR count). The van der Waals surface area contributed by atoms with Crippen LogP contribution in [0.1, 0.15) is 11.1 Å². The van der Waals surface area contributed by atoms with Crippen LogP contribution in [0.4, 0.5) is 0 Å². The first kappa shape index (κ1) is 13.4. The Bertz CT molecular complexity index is 355. The number of aryl methyl sites for hydroxylation is 1. The minimum Gasteiger partial charge on any atom is -0.391 e. The number of likely N-dealkylation sites (N-methyl/N-ethyl adjacent to an activating group) is 1. The molecule has 0 fully saturated rings. The highest BCUT2D eigenvalue weighted by molar-refractivity contribution is 7.84. The summed E-state index contributed by atoms with van der Waals surface area (Å²) in [5.74, 6) is 0.850. The summed E-state index contributed by atoms with van der Waals surface area (Å²) in [6.07, 6.45) is -0.533. The summed E-state index contributed by atoms with van der Waals surface area (Å²) in [6.45, 7) is 2.50. The van der Waals surface area contributed by atoms with Crippen molar-refractivity contribution in [2.24, 2.45) is 0 Å². The van der Waals surface area contributed by atoms with Gasteiger partial charge in [-0.3, -0.25) is 4.21 Å². The van der Waals surface area contributed by atoms with E-state index in [2.05, 4.69) is 5.32 Å². The topological polar surface area (TPSA) is 49.3 Å². The molecule has 2 unspecified atom stereocenters. The van der Waals surface area contributed by atoms with Crippen molar-refractivity contribution in [1.29, 1.82) is 0 Å². The average Bonchev–Trinajstić information content (AvgIpc) is 2.21. The molecule has 3 nitrogen and oxygen atoms in total. The quantitative estimate of drug-likeness (QED) is 0.775. The molecule has 0 saturated heterocycles. The molecule has 16 heavy (non-hydrogen) atoms. The predicted octanol–water partition coefficient (Wildman–Crippen LogP) is 0.824. The number of rotatable bonds is 6.